The maximum absolute atomic E-state index is 11.1. The molecule has 3 heteroatoms. The van der Waals surface area contributed by atoms with Gasteiger partial charge in [-0.25, -0.2) is 4.79 Å². The lowest BCUT2D eigenvalue weighted by molar-refractivity contribution is 0.0693. The first-order chi connectivity index (χ1) is 8.16. The Morgan fingerprint density at radius 3 is 2.82 bits per heavy atom. The van der Waals surface area contributed by atoms with Crippen molar-refractivity contribution in [3.05, 3.63) is 29.8 Å². The molecule has 1 N–H and O–H groups in total. The zero-order valence-corrected chi connectivity index (χ0v) is 10.9. The van der Waals surface area contributed by atoms with Gasteiger partial charge in [0, 0.05) is 10.1 Å². The molecule has 2 nitrogen and oxygen atoms in total. The van der Waals surface area contributed by atoms with E-state index in [1.165, 1.54) is 25.7 Å². The first kappa shape index (κ1) is 12.5. The summed E-state index contributed by atoms with van der Waals surface area (Å²) in [5.74, 6) is -0.0461. The summed E-state index contributed by atoms with van der Waals surface area (Å²) in [6.45, 7) is 2.29. The van der Waals surface area contributed by atoms with Gasteiger partial charge in [0.25, 0.3) is 0 Å². The molecule has 1 saturated carbocycles. The average Bonchev–Trinajstić information content (AvgIpc) is 2.29. The number of benzene rings is 1. The van der Waals surface area contributed by atoms with Crippen LogP contribution >= 0.6 is 11.8 Å². The lowest BCUT2D eigenvalue weighted by atomic mass is 9.91. The highest BCUT2D eigenvalue weighted by atomic mass is 32.2. The summed E-state index contributed by atoms with van der Waals surface area (Å²) in [7, 11) is 0. The second-order valence-electron chi connectivity index (χ2n) is 4.81. The van der Waals surface area contributed by atoms with Crippen LogP contribution in [0.25, 0.3) is 0 Å². The Labute approximate surface area is 106 Å². The van der Waals surface area contributed by atoms with E-state index < -0.39 is 5.97 Å². The highest BCUT2D eigenvalue weighted by molar-refractivity contribution is 8.00. The van der Waals surface area contributed by atoms with Crippen molar-refractivity contribution in [3.63, 3.8) is 0 Å². The molecule has 92 valence electrons. The van der Waals surface area contributed by atoms with Crippen molar-refractivity contribution in [2.75, 3.05) is 0 Å². The number of hydrogen-bond donors (Lipinski definition) is 1. The van der Waals surface area contributed by atoms with Crippen LogP contribution in [0.15, 0.2) is 29.2 Å². The van der Waals surface area contributed by atoms with Crippen molar-refractivity contribution in [2.24, 2.45) is 5.92 Å². The number of rotatable bonds is 3. The summed E-state index contributed by atoms with van der Waals surface area (Å²) in [6.07, 6.45) is 5.01. The van der Waals surface area contributed by atoms with E-state index >= 15 is 0 Å². The van der Waals surface area contributed by atoms with E-state index in [1.807, 2.05) is 12.1 Å². The Kier molecular flexibility index (Phi) is 4.11. The number of hydrogen-bond acceptors (Lipinski definition) is 2. The quantitative estimate of drug-likeness (QED) is 0.879. The van der Waals surface area contributed by atoms with Gasteiger partial charge in [-0.15, -0.1) is 11.8 Å². The topological polar surface area (TPSA) is 37.3 Å². The Bertz CT molecular complexity index is 403. The molecule has 2 atom stereocenters. The molecule has 2 unspecified atom stereocenters. The van der Waals surface area contributed by atoms with E-state index in [2.05, 4.69) is 6.92 Å². The van der Waals surface area contributed by atoms with Gasteiger partial charge in [0.1, 0.15) is 0 Å². The van der Waals surface area contributed by atoms with Gasteiger partial charge < -0.3 is 5.11 Å². The SMILES string of the molecule is CC1CCCC(Sc2ccccc2C(=O)O)C1. The van der Waals surface area contributed by atoms with E-state index in [9.17, 15) is 4.79 Å². The zero-order valence-electron chi connectivity index (χ0n) is 10.1. The maximum atomic E-state index is 11.1. The first-order valence-corrected chi connectivity index (χ1v) is 7.03. The van der Waals surface area contributed by atoms with Crippen LogP contribution in [0.3, 0.4) is 0 Å². The van der Waals surface area contributed by atoms with E-state index in [1.54, 1.807) is 23.9 Å². The number of carboxylic acids is 1. The van der Waals surface area contributed by atoms with Crippen LogP contribution in [-0.2, 0) is 0 Å². The average molecular weight is 250 g/mol. The van der Waals surface area contributed by atoms with Gasteiger partial charge >= 0.3 is 5.97 Å². The second-order valence-corrected chi connectivity index (χ2v) is 6.16. The minimum Gasteiger partial charge on any atom is -0.478 e. The van der Waals surface area contributed by atoms with Crippen molar-refractivity contribution in [2.45, 2.75) is 42.8 Å². The summed E-state index contributed by atoms with van der Waals surface area (Å²) in [6, 6.07) is 7.32. The highest BCUT2D eigenvalue weighted by Gasteiger charge is 2.21. The molecule has 1 aliphatic rings. The zero-order chi connectivity index (χ0) is 12.3. The molecule has 0 saturated heterocycles. The van der Waals surface area contributed by atoms with E-state index in [-0.39, 0.29) is 0 Å². The normalized spacial score (nSPS) is 24.5. The maximum Gasteiger partial charge on any atom is 0.336 e. The fourth-order valence-electron chi connectivity index (χ4n) is 2.41. The number of aromatic carboxylic acids is 1. The number of carboxylic acid groups (broad SMARTS) is 1. The lowest BCUT2D eigenvalue weighted by Gasteiger charge is -2.26. The molecule has 1 aromatic rings. The van der Waals surface area contributed by atoms with Crippen LogP contribution in [0.1, 0.15) is 43.0 Å². The van der Waals surface area contributed by atoms with Gasteiger partial charge in [-0.3, -0.25) is 0 Å². The van der Waals surface area contributed by atoms with E-state index in [0.29, 0.717) is 10.8 Å². The van der Waals surface area contributed by atoms with E-state index in [0.717, 1.165) is 10.8 Å². The van der Waals surface area contributed by atoms with Crippen LogP contribution in [0.2, 0.25) is 0 Å². The molecule has 17 heavy (non-hydrogen) atoms. The molecule has 0 amide bonds. The van der Waals surface area contributed by atoms with Gasteiger partial charge in [0.15, 0.2) is 0 Å². The third-order valence-corrected chi connectivity index (χ3v) is 4.67. The first-order valence-electron chi connectivity index (χ1n) is 6.16. The summed E-state index contributed by atoms with van der Waals surface area (Å²) >= 11 is 1.74. The summed E-state index contributed by atoms with van der Waals surface area (Å²) in [4.78, 5) is 12.0. The predicted octanol–water partition coefficient (Wildman–Crippen LogP) is 4.06. The summed E-state index contributed by atoms with van der Waals surface area (Å²) < 4.78 is 0. The molecule has 0 aromatic heterocycles. The Morgan fingerprint density at radius 2 is 2.12 bits per heavy atom. The van der Waals surface area contributed by atoms with Crippen molar-refractivity contribution >= 4 is 17.7 Å². The minimum absolute atomic E-state index is 0.440. The largest absolute Gasteiger partial charge is 0.478 e. The number of carbonyl (C=O) groups is 1. The van der Waals surface area contributed by atoms with Crippen molar-refractivity contribution in [1.29, 1.82) is 0 Å². The molecule has 1 aromatic carbocycles. The monoisotopic (exact) mass is 250 g/mol. The lowest BCUT2D eigenvalue weighted by Crippen LogP contribution is -2.15. The van der Waals surface area contributed by atoms with Crippen LogP contribution in [0.4, 0.5) is 0 Å². The standard InChI is InChI=1S/C14H18O2S/c1-10-5-4-6-11(9-10)17-13-8-3-2-7-12(13)14(15)16/h2-3,7-8,10-11H,4-6,9H2,1H3,(H,15,16). The van der Waals surface area contributed by atoms with Crippen LogP contribution in [0.5, 0.6) is 0 Å². The van der Waals surface area contributed by atoms with Crippen molar-refractivity contribution < 1.29 is 9.90 Å². The smallest absolute Gasteiger partial charge is 0.336 e. The van der Waals surface area contributed by atoms with Gasteiger partial charge in [-0.1, -0.05) is 31.9 Å². The third kappa shape index (κ3) is 3.25. The fraction of sp³-hybridized carbons (Fsp3) is 0.500. The predicted molar refractivity (Wildman–Crippen MR) is 70.7 cm³/mol. The molecule has 1 fully saturated rings. The van der Waals surface area contributed by atoms with Crippen LogP contribution < -0.4 is 0 Å². The molecule has 0 bridgehead atoms. The molecule has 0 heterocycles. The second kappa shape index (κ2) is 5.58. The van der Waals surface area contributed by atoms with Gasteiger partial charge in [0.05, 0.1) is 5.56 Å². The minimum atomic E-state index is -0.822. The molecular weight excluding hydrogens is 232 g/mol. The summed E-state index contributed by atoms with van der Waals surface area (Å²) in [5.41, 5.74) is 0.440. The molecule has 1 aliphatic carbocycles. The number of thioether (sulfide) groups is 1. The van der Waals surface area contributed by atoms with Crippen LogP contribution in [0, 0.1) is 5.92 Å². The molecule has 0 aliphatic heterocycles. The Hall–Kier alpha value is -0.960. The Balaban J connectivity index is 2.10. The van der Waals surface area contributed by atoms with Crippen LogP contribution in [-0.4, -0.2) is 16.3 Å². The van der Waals surface area contributed by atoms with Crippen molar-refractivity contribution in [1.82, 2.24) is 0 Å². The van der Waals surface area contributed by atoms with Gasteiger partial charge in [0.2, 0.25) is 0 Å². The molecule has 0 spiro atoms. The van der Waals surface area contributed by atoms with E-state index in [4.69, 9.17) is 5.11 Å². The van der Waals surface area contributed by atoms with Gasteiger partial charge in [-0.2, -0.15) is 0 Å². The molecule has 0 radical (unpaired) electrons. The third-order valence-electron chi connectivity index (χ3n) is 3.30. The van der Waals surface area contributed by atoms with Gasteiger partial charge in [-0.05, 0) is 30.9 Å². The molecular formula is C14H18O2S. The summed E-state index contributed by atoms with van der Waals surface area (Å²) in [5, 5.41) is 9.72. The molecule has 2 rings (SSSR count). The highest BCUT2D eigenvalue weighted by Crippen LogP contribution is 2.37. The Morgan fingerprint density at radius 1 is 1.35 bits per heavy atom. The van der Waals surface area contributed by atoms with Crippen molar-refractivity contribution in [3.8, 4) is 0 Å². The fourth-order valence-corrected chi connectivity index (χ4v) is 3.92.